The van der Waals surface area contributed by atoms with Crippen LogP contribution >= 0.6 is 0 Å². The Morgan fingerprint density at radius 2 is 2.03 bits per heavy atom. The molecule has 194 valence electrons. The van der Waals surface area contributed by atoms with Gasteiger partial charge in [0.1, 0.15) is 0 Å². The molecule has 0 aliphatic carbocycles. The van der Waals surface area contributed by atoms with E-state index in [9.17, 15) is 0 Å². The van der Waals surface area contributed by atoms with Gasteiger partial charge in [-0.25, -0.2) is 0 Å². The largest absolute Gasteiger partial charge is 0.398 e. The van der Waals surface area contributed by atoms with Crippen LogP contribution in [0.4, 0.5) is 5.69 Å². The van der Waals surface area contributed by atoms with Gasteiger partial charge in [-0.2, -0.15) is 0 Å². The number of nitrogens with one attached hydrogen (secondary N) is 3. The standard InChI is InChI=1S/C31H35N5.C2H2/c1-6-22(14-26(7-2)35-21(5)20(3)4)23-10-11-30(32)25(13-23)15-27-16-28-29(18-34-19-31(28)36-27)24-9-8-12-33-17-24;1-2/h6-11,13-14,16-20,33,35-36H,2,5,12,15,32H2,1,3-4H3;1-2H/b22-6+,26-14+;. The van der Waals surface area contributed by atoms with Crippen molar-refractivity contribution in [3.8, 4) is 12.8 Å². The Balaban J connectivity index is 0.00000195. The molecule has 5 N–H and O–H groups in total. The zero-order chi connectivity index (χ0) is 27.7. The summed E-state index contributed by atoms with van der Waals surface area (Å²) < 4.78 is 0. The van der Waals surface area contributed by atoms with Crippen molar-refractivity contribution in [1.82, 2.24) is 20.6 Å². The molecule has 1 aliphatic heterocycles. The maximum atomic E-state index is 6.42. The molecule has 3 heterocycles. The molecule has 0 saturated heterocycles. The number of hydrogen-bond donors (Lipinski definition) is 4. The lowest BCUT2D eigenvalue weighted by molar-refractivity contribution is 0.710. The van der Waals surface area contributed by atoms with E-state index in [2.05, 4.69) is 103 Å². The summed E-state index contributed by atoms with van der Waals surface area (Å²) in [6.07, 6.45) is 24.8. The normalized spacial score (nSPS) is 13.4. The number of aromatic nitrogens is 2. The fraction of sp³-hybridized carbons (Fsp3) is 0.182. The second-order valence-electron chi connectivity index (χ2n) is 9.30. The number of fused-ring (bicyclic) bond motifs is 1. The lowest BCUT2D eigenvalue weighted by Crippen LogP contribution is -2.14. The highest BCUT2D eigenvalue weighted by molar-refractivity contribution is 5.94. The summed E-state index contributed by atoms with van der Waals surface area (Å²) in [5, 5.41) is 7.80. The minimum Gasteiger partial charge on any atom is -0.398 e. The van der Waals surface area contributed by atoms with Crippen LogP contribution in [0.3, 0.4) is 0 Å². The number of rotatable bonds is 9. The van der Waals surface area contributed by atoms with Gasteiger partial charge in [-0.1, -0.05) is 51.3 Å². The number of pyridine rings is 1. The summed E-state index contributed by atoms with van der Waals surface area (Å²) in [5.41, 5.74) is 16.7. The summed E-state index contributed by atoms with van der Waals surface area (Å²) in [7, 11) is 0. The van der Waals surface area contributed by atoms with Crippen LogP contribution in [-0.4, -0.2) is 16.5 Å². The van der Waals surface area contributed by atoms with Crippen molar-refractivity contribution in [3.63, 3.8) is 0 Å². The van der Waals surface area contributed by atoms with Crippen molar-refractivity contribution >= 4 is 27.7 Å². The first-order valence-electron chi connectivity index (χ1n) is 12.6. The van der Waals surface area contributed by atoms with Gasteiger partial charge < -0.3 is 21.4 Å². The number of dihydropyridines is 1. The predicted octanol–water partition coefficient (Wildman–Crippen LogP) is 6.72. The van der Waals surface area contributed by atoms with Crippen molar-refractivity contribution in [2.75, 3.05) is 12.3 Å². The van der Waals surface area contributed by atoms with E-state index < -0.39 is 0 Å². The predicted molar refractivity (Wildman–Crippen MR) is 164 cm³/mol. The zero-order valence-corrected chi connectivity index (χ0v) is 22.5. The second kappa shape index (κ2) is 13.0. The molecule has 5 heteroatoms. The molecule has 4 rings (SSSR count). The summed E-state index contributed by atoms with van der Waals surface area (Å²) in [4.78, 5) is 7.99. The van der Waals surface area contributed by atoms with Gasteiger partial charge in [-0.05, 0) is 65.5 Å². The fourth-order valence-electron chi connectivity index (χ4n) is 4.19. The smallest absolute Gasteiger partial charge is 0.0648 e. The first kappa shape index (κ1) is 27.9. The molecule has 5 nitrogen and oxygen atoms in total. The van der Waals surface area contributed by atoms with Crippen LogP contribution < -0.4 is 16.4 Å². The molecule has 0 radical (unpaired) electrons. The van der Waals surface area contributed by atoms with Gasteiger partial charge in [0.15, 0.2) is 0 Å². The molecule has 0 spiro atoms. The third-order valence-electron chi connectivity index (χ3n) is 6.40. The summed E-state index contributed by atoms with van der Waals surface area (Å²) in [6.45, 7) is 15.2. The molecule has 0 atom stereocenters. The molecule has 0 saturated carbocycles. The Labute approximate surface area is 226 Å². The monoisotopic (exact) mass is 503 g/mol. The fourth-order valence-corrected chi connectivity index (χ4v) is 4.19. The highest BCUT2D eigenvalue weighted by atomic mass is 14.9. The van der Waals surface area contributed by atoms with Crippen LogP contribution in [0.15, 0.2) is 97.8 Å². The topological polar surface area (TPSA) is 78.8 Å². The number of nitrogens with two attached hydrogens (primary N) is 1. The first-order valence-corrected chi connectivity index (χ1v) is 12.6. The third kappa shape index (κ3) is 6.54. The quantitative estimate of drug-likeness (QED) is 0.149. The summed E-state index contributed by atoms with van der Waals surface area (Å²) >= 11 is 0. The molecule has 1 aromatic carbocycles. The van der Waals surface area contributed by atoms with Crippen LogP contribution in [-0.2, 0) is 6.42 Å². The van der Waals surface area contributed by atoms with Gasteiger partial charge in [-0.15, -0.1) is 12.8 Å². The highest BCUT2D eigenvalue weighted by Crippen LogP contribution is 2.29. The van der Waals surface area contributed by atoms with Crippen LogP contribution in [0.25, 0.3) is 22.0 Å². The van der Waals surface area contributed by atoms with Crippen LogP contribution in [0.2, 0.25) is 0 Å². The van der Waals surface area contributed by atoms with E-state index in [1.54, 1.807) is 0 Å². The van der Waals surface area contributed by atoms with E-state index in [4.69, 9.17) is 5.73 Å². The van der Waals surface area contributed by atoms with E-state index >= 15 is 0 Å². The highest BCUT2D eigenvalue weighted by Gasteiger charge is 2.12. The average molecular weight is 504 g/mol. The number of allylic oxidation sites excluding steroid dienone is 7. The molecule has 0 bridgehead atoms. The molecular weight excluding hydrogens is 466 g/mol. The Hall–Kier alpha value is -4.69. The zero-order valence-electron chi connectivity index (χ0n) is 22.5. The minimum absolute atomic E-state index is 0.333. The van der Waals surface area contributed by atoms with Gasteiger partial charge >= 0.3 is 0 Å². The Morgan fingerprint density at radius 1 is 1.24 bits per heavy atom. The Kier molecular flexibility index (Phi) is 9.56. The Morgan fingerprint density at radius 3 is 2.68 bits per heavy atom. The van der Waals surface area contributed by atoms with Gasteiger partial charge in [-0.3, -0.25) is 4.98 Å². The third-order valence-corrected chi connectivity index (χ3v) is 6.40. The van der Waals surface area contributed by atoms with Crippen molar-refractivity contribution in [2.24, 2.45) is 5.92 Å². The van der Waals surface area contributed by atoms with Crippen LogP contribution in [0.5, 0.6) is 0 Å². The number of H-pyrrole nitrogens is 1. The van der Waals surface area contributed by atoms with Crippen molar-refractivity contribution in [2.45, 2.75) is 27.2 Å². The molecule has 3 aromatic rings. The number of aromatic amines is 1. The number of terminal acetylenes is 1. The Bertz CT molecular complexity index is 1460. The SMILES string of the molecule is C#C.C=C/C(=C\C(=C/C)c1ccc(N)c(Cc2cc3c(C4=CNCC=C4)cncc3[nH]2)c1)NC(=C)C(C)C. The molecule has 0 amide bonds. The minimum atomic E-state index is 0.333. The molecule has 2 aromatic heterocycles. The average Bonchev–Trinajstić information content (AvgIpc) is 3.36. The second-order valence-corrected chi connectivity index (χ2v) is 9.30. The van der Waals surface area contributed by atoms with E-state index in [0.717, 1.165) is 68.1 Å². The maximum absolute atomic E-state index is 6.42. The first-order chi connectivity index (χ1) is 18.4. The van der Waals surface area contributed by atoms with Gasteiger partial charge in [0.2, 0.25) is 0 Å². The van der Waals surface area contributed by atoms with Gasteiger partial charge in [0, 0.05) is 59.1 Å². The van der Waals surface area contributed by atoms with Crippen LogP contribution in [0, 0.1) is 18.8 Å². The molecular formula is C33H37N5. The maximum Gasteiger partial charge on any atom is 0.0648 e. The molecule has 0 unspecified atom stereocenters. The van der Waals surface area contributed by atoms with Crippen molar-refractivity contribution < 1.29 is 0 Å². The number of hydrogen-bond acceptors (Lipinski definition) is 4. The van der Waals surface area contributed by atoms with Gasteiger partial charge in [0.05, 0.1) is 11.7 Å². The number of nitrogen functional groups attached to an aromatic ring is 1. The van der Waals surface area contributed by atoms with Crippen LogP contribution in [0.1, 0.15) is 43.2 Å². The van der Waals surface area contributed by atoms with Crippen molar-refractivity contribution in [1.29, 1.82) is 0 Å². The van der Waals surface area contributed by atoms with E-state index in [1.165, 1.54) is 0 Å². The lowest BCUT2D eigenvalue weighted by atomic mass is 9.98. The van der Waals surface area contributed by atoms with Gasteiger partial charge in [0.25, 0.3) is 0 Å². The van der Waals surface area contributed by atoms with Crippen molar-refractivity contribution in [3.05, 3.63) is 120 Å². The molecule has 0 fully saturated rings. The lowest BCUT2D eigenvalue weighted by Gasteiger charge is -2.15. The molecule has 1 aliphatic rings. The summed E-state index contributed by atoms with van der Waals surface area (Å²) in [5.74, 6) is 0.333. The van der Waals surface area contributed by atoms with E-state index in [1.807, 2.05) is 37.7 Å². The van der Waals surface area contributed by atoms with E-state index in [0.29, 0.717) is 12.3 Å². The number of benzene rings is 1. The molecule has 38 heavy (non-hydrogen) atoms. The number of nitrogens with zero attached hydrogens (tertiary/aromatic N) is 1. The number of anilines is 1. The van der Waals surface area contributed by atoms with E-state index in [-0.39, 0.29) is 0 Å². The summed E-state index contributed by atoms with van der Waals surface area (Å²) in [6, 6.07) is 8.41.